The smallest absolute Gasteiger partial charge is 0.245 e. The van der Waals surface area contributed by atoms with Crippen molar-refractivity contribution in [1.82, 2.24) is 14.7 Å². The van der Waals surface area contributed by atoms with Gasteiger partial charge in [0.25, 0.3) is 0 Å². The number of aromatic nitrogens is 2. The second-order valence-corrected chi connectivity index (χ2v) is 10.1. The molecule has 1 aromatic heterocycles. The molecular formula is C25H38N4O3. The van der Waals surface area contributed by atoms with Gasteiger partial charge in [-0.15, -0.1) is 0 Å². The Balaban J connectivity index is 2.14. The molecule has 0 unspecified atom stereocenters. The number of nitrogens with one attached hydrogen (secondary N) is 1. The largest absolute Gasteiger partial charge is 0.497 e. The lowest BCUT2D eigenvalue weighted by Crippen LogP contribution is -2.40. The molecule has 0 atom stereocenters. The molecule has 0 aliphatic heterocycles. The number of anilines is 1. The van der Waals surface area contributed by atoms with Crippen LogP contribution in [0.25, 0.3) is 0 Å². The van der Waals surface area contributed by atoms with Crippen molar-refractivity contribution in [3.05, 3.63) is 41.6 Å². The minimum Gasteiger partial charge on any atom is -0.497 e. The minimum atomic E-state index is -0.292. The van der Waals surface area contributed by atoms with E-state index >= 15 is 0 Å². The zero-order valence-electron chi connectivity index (χ0n) is 20.8. The van der Waals surface area contributed by atoms with E-state index in [2.05, 4.69) is 26.1 Å². The van der Waals surface area contributed by atoms with Gasteiger partial charge in [-0.25, -0.2) is 4.68 Å². The molecule has 0 spiro atoms. The van der Waals surface area contributed by atoms with Gasteiger partial charge in [0.2, 0.25) is 11.8 Å². The number of rotatable bonds is 8. The zero-order chi connectivity index (χ0) is 24.1. The lowest BCUT2D eigenvalue weighted by Gasteiger charge is -2.24. The van der Waals surface area contributed by atoms with Crippen LogP contribution < -0.4 is 10.1 Å². The van der Waals surface area contributed by atoms with E-state index in [4.69, 9.17) is 9.84 Å². The fraction of sp³-hybridized carbons (Fsp3) is 0.560. The van der Waals surface area contributed by atoms with Gasteiger partial charge in [0.05, 0.1) is 31.3 Å². The number of methoxy groups -OCH3 is 1. The van der Waals surface area contributed by atoms with Gasteiger partial charge >= 0.3 is 0 Å². The summed E-state index contributed by atoms with van der Waals surface area (Å²) in [6.07, 6.45) is 1.01. The van der Waals surface area contributed by atoms with Gasteiger partial charge in [0.15, 0.2) is 0 Å². The van der Waals surface area contributed by atoms with E-state index in [9.17, 15) is 9.59 Å². The van der Waals surface area contributed by atoms with Gasteiger partial charge in [0.1, 0.15) is 11.6 Å². The van der Waals surface area contributed by atoms with Crippen LogP contribution in [0.3, 0.4) is 0 Å². The van der Waals surface area contributed by atoms with E-state index in [1.165, 1.54) is 0 Å². The summed E-state index contributed by atoms with van der Waals surface area (Å²) < 4.78 is 7.01. The predicted octanol–water partition coefficient (Wildman–Crippen LogP) is 4.36. The summed E-state index contributed by atoms with van der Waals surface area (Å²) in [6, 6.07) is 9.33. The number of carbonyl (C=O) groups is 2. The second kappa shape index (κ2) is 10.2. The normalized spacial score (nSPS) is 11.9. The van der Waals surface area contributed by atoms with E-state index in [0.717, 1.165) is 23.4 Å². The Hall–Kier alpha value is -2.83. The Labute approximate surface area is 192 Å². The maximum Gasteiger partial charge on any atom is 0.245 e. The number of nitrogens with zero attached hydrogens (tertiary/aromatic N) is 3. The molecule has 0 saturated heterocycles. The topological polar surface area (TPSA) is 76.5 Å². The average Bonchev–Trinajstić information content (AvgIpc) is 3.13. The van der Waals surface area contributed by atoms with Crippen LogP contribution in [0.2, 0.25) is 0 Å². The van der Waals surface area contributed by atoms with Crippen LogP contribution in [0.5, 0.6) is 5.75 Å². The highest BCUT2D eigenvalue weighted by Crippen LogP contribution is 2.28. The molecule has 1 aromatic carbocycles. The van der Waals surface area contributed by atoms with Crippen LogP contribution in [-0.4, -0.2) is 46.7 Å². The molecule has 1 N–H and O–H groups in total. The highest BCUT2D eigenvalue weighted by atomic mass is 16.5. The van der Waals surface area contributed by atoms with E-state index in [1.807, 2.05) is 62.7 Å². The van der Waals surface area contributed by atoms with Crippen LogP contribution in [0.15, 0.2) is 30.3 Å². The quantitative estimate of drug-likeness (QED) is 0.659. The first-order chi connectivity index (χ1) is 14.8. The number of carbonyl (C=O) groups excluding carboxylic acids is 2. The van der Waals surface area contributed by atoms with Crippen LogP contribution in [0.1, 0.15) is 66.1 Å². The summed E-state index contributed by atoms with van der Waals surface area (Å²) in [7, 11) is 1.61. The summed E-state index contributed by atoms with van der Waals surface area (Å²) >= 11 is 0. The summed E-state index contributed by atoms with van der Waals surface area (Å²) in [4.78, 5) is 27.4. The molecule has 0 aliphatic rings. The van der Waals surface area contributed by atoms with Gasteiger partial charge in [-0.3, -0.25) is 9.59 Å². The van der Waals surface area contributed by atoms with Crippen molar-refractivity contribution >= 4 is 17.6 Å². The van der Waals surface area contributed by atoms with Gasteiger partial charge < -0.3 is 15.0 Å². The van der Waals surface area contributed by atoms with Crippen molar-refractivity contribution in [2.75, 3.05) is 25.5 Å². The van der Waals surface area contributed by atoms with Crippen LogP contribution >= 0.6 is 0 Å². The highest BCUT2D eigenvalue weighted by molar-refractivity contribution is 5.94. The van der Waals surface area contributed by atoms with Gasteiger partial charge in [-0.1, -0.05) is 39.8 Å². The fourth-order valence-corrected chi connectivity index (χ4v) is 3.30. The summed E-state index contributed by atoms with van der Waals surface area (Å²) in [5, 5.41) is 7.72. The molecule has 2 amide bonds. The first kappa shape index (κ1) is 25.4. The minimum absolute atomic E-state index is 0.00298. The molecule has 7 heteroatoms. The third-order valence-corrected chi connectivity index (χ3v) is 5.08. The van der Waals surface area contributed by atoms with Crippen molar-refractivity contribution < 1.29 is 14.3 Å². The van der Waals surface area contributed by atoms with E-state index in [0.29, 0.717) is 12.4 Å². The molecule has 0 bridgehead atoms. The number of hydrogen-bond acceptors (Lipinski definition) is 4. The number of amides is 2. The van der Waals surface area contributed by atoms with E-state index in [1.54, 1.807) is 12.0 Å². The standard InChI is InChI=1S/C25H38N4O3/c1-9-14-28(23(31)15-18-10-12-19(32-8)13-11-18)17-22(30)26-21-16-20(24(2,3)4)27-29(21)25(5,6)7/h10-13,16H,9,14-15,17H2,1-8H3,(H,26,30). The Morgan fingerprint density at radius 2 is 1.72 bits per heavy atom. The molecule has 0 radical (unpaired) electrons. The SMILES string of the molecule is CCCN(CC(=O)Nc1cc(C(C)(C)C)nn1C(C)(C)C)C(=O)Cc1ccc(OC)cc1. The highest BCUT2D eigenvalue weighted by Gasteiger charge is 2.26. The fourth-order valence-electron chi connectivity index (χ4n) is 3.30. The first-order valence-corrected chi connectivity index (χ1v) is 11.2. The van der Waals surface area contributed by atoms with E-state index in [-0.39, 0.29) is 35.7 Å². The number of benzene rings is 1. The molecule has 1 heterocycles. The zero-order valence-corrected chi connectivity index (χ0v) is 20.8. The molecule has 0 saturated carbocycles. The van der Waals surface area contributed by atoms with Crippen molar-refractivity contribution in [2.45, 2.75) is 72.3 Å². The van der Waals surface area contributed by atoms with Crippen molar-refractivity contribution in [3.8, 4) is 5.75 Å². The summed E-state index contributed by atoms with van der Waals surface area (Å²) in [5.74, 6) is 1.09. The van der Waals surface area contributed by atoms with Crippen molar-refractivity contribution in [3.63, 3.8) is 0 Å². The Kier molecular flexibility index (Phi) is 8.10. The molecule has 2 rings (SSSR count). The predicted molar refractivity (Wildman–Crippen MR) is 128 cm³/mol. The third-order valence-electron chi connectivity index (χ3n) is 5.08. The van der Waals surface area contributed by atoms with Crippen LogP contribution in [0, 0.1) is 0 Å². The third kappa shape index (κ3) is 6.84. The number of hydrogen-bond donors (Lipinski definition) is 1. The van der Waals surface area contributed by atoms with Crippen molar-refractivity contribution in [1.29, 1.82) is 0 Å². The molecule has 2 aromatic rings. The lowest BCUT2D eigenvalue weighted by molar-refractivity contribution is -0.134. The lowest BCUT2D eigenvalue weighted by atomic mass is 9.92. The second-order valence-electron chi connectivity index (χ2n) is 10.1. The average molecular weight is 443 g/mol. The van der Waals surface area contributed by atoms with Crippen LogP contribution in [0.4, 0.5) is 5.82 Å². The van der Waals surface area contributed by atoms with Gasteiger partial charge in [-0.05, 0) is 44.9 Å². The summed E-state index contributed by atoms with van der Waals surface area (Å²) in [5.41, 5.74) is 1.36. The molecule has 7 nitrogen and oxygen atoms in total. The summed E-state index contributed by atoms with van der Waals surface area (Å²) in [6.45, 7) is 14.9. The van der Waals surface area contributed by atoms with Crippen LogP contribution in [-0.2, 0) is 27.0 Å². The molecule has 32 heavy (non-hydrogen) atoms. The monoisotopic (exact) mass is 442 g/mol. The Morgan fingerprint density at radius 3 is 2.22 bits per heavy atom. The maximum absolute atomic E-state index is 12.9. The maximum atomic E-state index is 12.9. The molecular weight excluding hydrogens is 404 g/mol. The van der Waals surface area contributed by atoms with Gasteiger partial charge in [0, 0.05) is 18.0 Å². The first-order valence-electron chi connectivity index (χ1n) is 11.2. The Bertz CT molecular complexity index is 918. The van der Waals surface area contributed by atoms with Gasteiger partial charge in [-0.2, -0.15) is 5.10 Å². The molecule has 176 valence electrons. The molecule has 0 aliphatic carbocycles. The molecule has 0 fully saturated rings. The van der Waals surface area contributed by atoms with E-state index < -0.39 is 0 Å². The van der Waals surface area contributed by atoms with Crippen molar-refractivity contribution in [2.24, 2.45) is 0 Å². The Morgan fingerprint density at radius 1 is 1.09 bits per heavy atom. The number of ether oxygens (including phenoxy) is 1.